The van der Waals surface area contributed by atoms with Gasteiger partial charge in [0.15, 0.2) is 5.13 Å². The molecule has 1 heterocycles. The Balaban J connectivity index is 1.20. The maximum Gasteiger partial charge on any atom is 0.272 e. The molecule has 3 amide bonds. The number of nitrogens with one attached hydrogen (secondary N) is 3. The van der Waals surface area contributed by atoms with Crippen LogP contribution in [0.4, 0.5) is 15.2 Å². The lowest BCUT2D eigenvalue weighted by Crippen LogP contribution is -2.30. The molecule has 45 heavy (non-hydrogen) atoms. The van der Waals surface area contributed by atoms with Crippen molar-refractivity contribution >= 4 is 57.7 Å². The van der Waals surface area contributed by atoms with Gasteiger partial charge < -0.3 is 16.0 Å². The van der Waals surface area contributed by atoms with Gasteiger partial charge in [0, 0.05) is 32.2 Å². The van der Waals surface area contributed by atoms with Crippen molar-refractivity contribution in [1.29, 1.82) is 0 Å². The number of thioether (sulfide) groups is 1. The van der Waals surface area contributed by atoms with Gasteiger partial charge in [-0.1, -0.05) is 66.2 Å². The molecule has 5 rings (SSSR count). The third kappa shape index (κ3) is 8.53. The predicted molar refractivity (Wildman–Crippen MR) is 180 cm³/mol. The second-order valence-electron chi connectivity index (χ2n) is 10.0. The van der Waals surface area contributed by atoms with E-state index in [0.717, 1.165) is 21.0 Å². The summed E-state index contributed by atoms with van der Waals surface area (Å²) < 4.78 is 14.4. The third-order valence-electron chi connectivity index (χ3n) is 6.58. The van der Waals surface area contributed by atoms with Crippen LogP contribution in [0.15, 0.2) is 114 Å². The summed E-state index contributed by atoms with van der Waals surface area (Å²) in [5.74, 6) is -1.66. The molecule has 0 atom stereocenters. The first kappa shape index (κ1) is 31.4. The minimum absolute atomic E-state index is 0.118. The number of amides is 3. The van der Waals surface area contributed by atoms with Gasteiger partial charge in [-0.25, -0.2) is 9.37 Å². The second-order valence-corrected chi connectivity index (χ2v) is 12.3. The monoisotopic (exact) mass is 636 g/mol. The molecule has 7 nitrogen and oxygen atoms in total. The summed E-state index contributed by atoms with van der Waals surface area (Å²) in [5, 5.41) is 8.77. The Morgan fingerprint density at radius 3 is 2.24 bits per heavy atom. The molecule has 0 fully saturated rings. The minimum Gasteiger partial charge on any atom is -0.321 e. The molecule has 0 saturated carbocycles. The van der Waals surface area contributed by atoms with E-state index in [-0.39, 0.29) is 22.9 Å². The average Bonchev–Trinajstić information content (AvgIpc) is 3.41. The molecule has 0 radical (unpaired) electrons. The lowest BCUT2D eigenvalue weighted by Gasteiger charge is -2.12. The van der Waals surface area contributed by atoms with Gasteiger partial charge >= 0.3 is 0 Å². The molecular weight excluding hydrogens is 608 g/mol. The van der Waals surface area contributed by atoms with Crippen LogP contribution >= 0.6 is 23.1 Å². The Hall–Kier alpha value is -5.06. The van der Waals surface area contributed by atoms with Crippen molar-refractivity contribution < 1.29 is 18.8 Å². The number of hydrogen-bond acceptors (Lipinski definition) is 6. The van der Waals surface area contributed by atoms with Crippen molar-refractivity contribution in [2.75, 3.05) is 16.4 Å². The number of aromatic nitrogens is 1. The highest BCUT2D eigenvalue weighted by atomic mass is 32.2. The highest BCUT2D eigenvalue weighted by Crippen LogP contribution is 2.31. The summed E-state index contributed by atoms with van der Waals surface area (Å²) in [7, 11) is 0. The molecule has 5 aromatic rings. The number of nitrogens with zero attached hydrogens (tertiary/aromatic N) is 1. The van der Waals surface area contributed by atoms with Crippen molar-refractivity contribution in [3.05, 3.63) is 136 Å². The van der Waals surface area contributed by atoms with Gasteiger partial charge in [-0.05, 0) is 62.4 Å². The zero-order chi connectivity index (χ0) is 31.8. The lowest BCUT2D eigenvalue weighted by molar-refractivity contribution is -0.114. The van der Waals surface area contributed by atoms with Gasteiger partial charge in [-0.2, -0.15) is 0 Å². The van der Waals surface area contributed by atoms with Crippen LogP contribution in [0, 0.1) is 19.7 Å². The summed E-state index contributed by atoms with van der Waals surface area (Å²) in [6.45, 7) is 4.01. The first-order valence-electron chi connectivity index (χ1n) is 14.0. The number of thiazole rings is 1. The Kier molecular flexibility index (Phi) is 10.2. The van der Waals surface area contributed by atoms with Crippen molar-refractivity contribution in [1.82, 2.24) is 10.3 Å². The van der Waals surface area contributed by atoms with E-state index in [1.807, 2.05) is 38.1 Å². The normalized spacial score (nSPS) is 11.1. The largest absolute Gasteiger partial charge is 0.321 e. The van der Waals surface area contributed by atoms with Crippen LogP contribution in [0.2, 0.25) is 0 Å². The van der Waals surface area contributed by atoms with E-state index in [4.69, 9.17) is 0 Å². The molecule has 0 aliphatic rings. The SMILES string of the molecule is Cc1ccc(-c2nc(NC(=O)CSc3ccc(NC(=O)/C(=C/c4ccccc4F)NC(=O)c4ccccc4)cc3)sc2C)cc1. The van der Waals surface area contributed by atoms with E-state index in [9.17, 15) is 18.8 Å². The Labute approximate surface area is 268 Å². The smallest absolute Gasteiger partial charge is 0.272 e. The van der Waals surface area contributed by atoms with Crippen LogP contribution in [0.3, 0.4) is 0 Å². The van der Waals surface area contributed by atoms with Gasteiger partial charge in [-0.3, -0.25) is 14.4 Å². The first-order chi connectivity index (χ1) is 21.7. The Morgan fingerprint density at radius 1 is 0.844 bits per heavy atom. The molecule has 0 bridgehead atoms. The van der Waals surface area contributed by atoms with Crippen LogP contribution < -0.4 is 16.0 Å². The Morgan fingerprint density at radius 2 is 1.53 bits per heavy atom. The number of anilines is 2. The van der Waals surface area contributed by atoms with Crippen molar-refractivity contribution in [3.8, 4) is 11.3 Å². The fourth-order valence-electron chi connectivity index (χ4n) is 4.26. The molecule has 4 aromatic carbocycles. The predicted octanol–water partition coefficient (Wildman–Crippen LogP) is 7.71. The van der Waals surface area contributed by atoms with Gasteiger partial charge in [-0.15, -0.1) is 23.1 Å². The number of carbonyl (C=O) groups is 3. The number of benzene rings is 4. The average molecular weight is 637 g/mol. The molecule has 0 spiro atoms. The molecule has 0 aliphatic heterocycles. The van der Waals surface area contributed by atoms with E-state index < -0.39 is 17.6 Å². The molecule has 0 aliphatic carbocycles. The summed E-state index contributed by atoms with van der Waals surface area (Å²) in [5.41, 5.74) is 3.88. The summed E-state index contributed by atoms with van der Waals surface area (Å²) in [4.78, 5) is 45.1. The van der Waals surface area contributed by atoms with Crippen LogP contribution in [-0.4, -0.2) is 28.5 Å². The second kappa shape index (κ2) is 14.6. The standard InChI is InChI=1S/C35H29FN4O3S2/c1-22-12-14-24(15-13-22)32-23(2)45-35(40-32)39-31(41)21-44-28-18-16-27(17-19-28)37-34(43)30(20-26-10-6-7-11-29(26)36)38-33(42)25-8-4-3-5-9-25/h3-20H,21H2,1-2H3,(H,37,43)(H,38,42)(H,39,40,41)/b30-20-. The summed E-state index contributed by atoms with van der Waals surface area (Å²) >= 11 is 2.77. The third-order valence-corrected chi connectivity index (χ3v) is 8.48. The molecule has 1 aromatic heterocycles. The van der Waals surface area contributed by atoms with Crippen LogP contribution in [-0.2, 0) is 9.59 Å². The van der Waals surface area contributed by atoms with Crippen molar-refractivity contribution in [2.45, 2.75) is 18.7 Å². The Bertz CT molecular complexity index is 1850. The van der Waals surface area contributed by atoms with Crippen LogP contribution in [0.5, 0.6) is 0 Å². The van der Waals surface area contributed by atoms with Gasteiger partial charge in [0.2, 0.25) is 5.91 Å². The van der Waals surface area contributed by atoms with E-state index in [1.54, 1.807) is 66.7 Å². The maximum absolute atomic E-state index is 14.4. The van der Waals surface area contributed by atoms with Crippen LogP contribution in [0.1, 0.15) is 26.4 Å². The number of halogens is 1. The quantitative estimate of drug-likeness (QED) is 0.108. The molecule has 226 valence electrons. The topological polar surface area (TPSA) is 100 Å². The van der Waals surface area contributed by atoms with Gasteiger partial charge in [0.05, 0.1) is 11.4 Å². The molecule has 0 saturated heterocycles. The molecule has 10 heteroatoms. The number of carbonyl (C=O) groups excluding carboxylic acids is 3. The molecular formula is C35H29FN4O3S2. The highest BCUT2D eigenvalue weighted by molar-refractivity contribution is 8.00. The fourth-order valence-corrected chi connectivity index (χ4v) is 5.81. The summed E-state index contributed by atoms with van der Waals surface area (Å²) in [6.07, 6.45) is 1.29. The van der Waals surface area contributed by atoms with Gasteiger partial charge in [0.25, 0.3) is 11.8 Å². The molecule has 3 N–H and O–H groups in total. The van der Waals surface area contributed by atoms with Crippen molar-refractivity contribution in [3.63, 3.8) is 0 Å². The van der Waals surface area contributed by atoms with Crippen LogP contribution in [0.25, 0.3) is 17.3 Å². The summed E-state index contributed by atoms with van der Waals surface area (Å²) in [6, 6.07) is 29.4. The number of aryl methyl sites for hydroxylation is 2. The van der Waals surface area contributed by atoms with E-state index >= 15 is 0 Å². The maximum atomic E-state index is 14.4. The van der Waals surface area contributed by atoms with E-state index in [2.05, 4.69) is 20.9 Å². The number of hydrogen-bond donors (Lipinski definition) is 3. The molecule has 0 unspecified atom stereocenters. The lowest BCUT2D eigenvalue weighted by atomic mass is 10.1. The van der Waals surface area contributed by atoms with Crippen molar-refractivity contribution in [2.24, 2.45) is 0 Å². The van der Waals surface area contributed by atoms with E-state index in [0.29, 0.717) is 16.4 Å². The minimum atomic E-state index is -0.619. The van der Waals surface area contributed by atoms with Gasteiger partial charge in [0.1, 0.15) is 11.5 Å². The first-order valence-corrected chi connectivity index (χ1v) is 15.8. The highest BCUT2D eigenvalue weighted by Gasteiger charge is 2.17. The fraction of sp³-hybridized carbons (Fsp3) is 0.0857. The van der Waals surface area contributed by atoms with E-state index in [1.165, 1.54) is 46.9 Å². The number of rotatable bonds is 10. The zero-order valence-corrected chi connectivity index (χ0v) is 26.1. The zero-order valence-electron chi connectivity index (χ0n) is 24.5.